The number of anilines is 1. The summed E-state index contributed by atoms with van der Waals surface area (Å²) in [6.45, 7) is 1.90. The molecule has 2 aromatic carbocycles. The van der Waals surface area contributed by atoms with Crippen molar-refractivity contribution in [1.29, 1.82) is 5.26 Å². The van der Waals surface area contributed by atoms with Crippen molar-refractivity contribution in [2.24, 2.45) is 0 Å². The van der Waals surface area contributed by atoms with Gasteiger partial charge in [-0.25, -0.2) is 0 Å². The molecule has 0 heterocycles. The van der Waals surface area contributed by atoms with Gasteiger partial charge in [0.25, 0.3) is 5.91 Å². The quantitative estimate of drug-likeness (QED) is 0.799. The molecule has 0 radical (unpaired) electrons. The minimum absolute atomic E-state index is 0.0899. The van der Waals surface area contributed by atoms with E-state index in [0.717, 1.165) is 12.1 Å². The third-order valence-electron chi connectivity index (χ3n) is 3.62. The SMILES string of the molecule is CN(C)CCNC(=O)c1cccc(CNc2ccc(Cl)cc2C#N)c1. The molecule has 0 saturated heterocycles. The van der Waals surface area contributed by atoms with Crippen molar-refractivity contribution < 1.29 is 4.79 Å². The Morgan fingerprint density at radius 3 is 2.76 bits per heavy atom. The van der Waals surface area contributed by atoms with Crippen LogP contribution in [0.4, 0.5) is 5.69 Å². The first-order valence-corrected chi connectivity index (χ1v) is 8.33. The zero-order valence-corrected chi connectivity index (χ0v) is 15.1. The van der Waals surface area contributed by atoms with Crippen LogP contribution in [0.25, 0.3) is 0 Å². The summed E-state index contributed by atoms with van der Waals surface area (Å²) in [6.07, 6.45) is 0. The molecule has 2 N–H and O–H groups in total. The van der Waals surface area contributed by atoms with E-state index in [2.05, 4.69) is 16.7 Å². The highest BCUT2D eigenvalue weighted by atomic mass is 35.5. The number of likely N-dealkylation sites (N-methyl/N-ethyl adjacent to an activating group) is 1. The molecule has 0 aliphatic heterocycles. The Morgan fingerprint density at radius 2 is 2.04 bits per heavy atom. The van der Waals surface area contributed by atoms with Gasteiger partial charge in [-0.1, -0.05) is 23.7 Å². The predicted octanol–water partition coefficient (Wildman–Crippen LogP) is 3.12. The smallest absolute Gasteiger partial charge is 0.251 e. The van der Waals surface area contributed by atoms with Crippen molar-refractivity contribution >= 4 is 23.2 Å². The summed E-state index contributed by atoms with van der Waals surface area (Å²) in [5, 5.41) is 15.8. The lowest BCUT2D eigenvalue weighted by molar-refractivity contribution is 0.0951. The molecule has 130 valence electrons. The van der Waals surface area contributed by atoms with Gasteiger partial charge in [-0.3, -0.25) is 4.79 Å². The van der Waals surface area contributed by atoms with Gasteiger partial charge in [0, 0.05) is 30.2 Å². The first-order valence-electron chi connectivity index (χ1n) is 7.95. The second kappa shape index (κ2) is 9.07. The van der Waals surface area contributed by atoms with Gasteiger partial charge >= 0.3 is 0 Å². The first-order chi connectivity index (χ1) is 12.0. The van der Waals surface area contributed by atoms with Crippen molar-refractivity contribution in [3.05, 3.63) is 64.2 Å². The Balaban J connectivity index is 2.00. The molecule has 0 atom stereocenters. The van der Waals surface area contributed by atoms with Crippen LogP contribution in [0.3, 0.4) is 0 Å². The number of benzene rings is 2. The van der Waals surface area contributed by atoms with Crippen molar-refractivity contribution in [2.45, 2.75) is 6.54 Å². The van der Waals surface area contributed by atoms with E-state index in [1.54, 1.807) is 24.3 Å². The minimum Gasteiger partial charge on any atom is -0.380 e. The van der Waals surface area contributed by atoms with Crippen LogP contribution >= 0.6 is 11.6 Å². The summed E-state index contributed by atoms with van der Waals surface area (Å²) < 4.78 is 0. The molecular weight excluding hydrogens is 336 g/mol. The fraction of sp³-hybridized carbons (Fsp3) is 0.263. The molecule has 2 rings (SSSR count). The molecule has 0 aliphatic rings. The van der Waals surface area contributed by atoms with Crippen LogP contribution in [-0.4, -0.2) is 38.0 Å². The van der Waals surface area contributed by atoms with E-state index >= 15 is 0 Å². The summed E-state index contributed by atoms with van der Waals surface area (Å²) >= 11 is 5.90. The second-order valence-electron chi connectivity index (χ2n) is 5.91. The maximum Gasteiger partial charge on any atom is 0.251 e. The molecule has 0 fully saturated rings. The summed E-state index contributed by atoms with van der Waals surface area (Å²) in [5.74, 6) is -0.0899. The van der Waals surface area contributed by atoms with Crippen LogP contribution in [-0.2, 0) is 6.54 Å². The zero-order valence-electron chi connectivity index (χ0n) is 14.3. The zero-order chi connectivity index (χ0) is 18.2. The molecule has 0 spiro atoms. The highest BCUT2D eigenvalue weighted by Crippen LogP contribution is 2.20. The number of nitriles is 1. The van der Waals surface area contributed by atoms with Crippen LogP contribution in [0.2, 0.25) is 5.02 Å². The van der Waals surface area contributed by atoms with Crippen molar-refractivity contribution in [3.63, 3.8) is 0 Å². The fourth-order valence-electron chi connectivity index (χ4n) is 2.28. The molecule has 6 heteroatoms. The Kier molecular flexibility index (Phi) is 6.81. The normalized spacial score (nSPS) is 10.4. The van der Waals surface area contributed by atoms with E-state index in [-0.39, 0.29) is 5.91 Å². The van der Waals surface area contributed by atoms with Crippen LogP contribution in [0.5, 0.6) is 0 Å². The molecular formula is C19H21ClN4O. The molecule has 1 amide bonds. The number of hydrogen-bond donors (Lipinski definition) is 2. The monoisotopic (exact) mass is 356 g/mol. The largest absolute Gasteiger partial charge is 0.380 e. The van der Waals surface area contributed by atoms with Gasteiger partial charge in [0.15, 0.2) is 0 Å². The van der Waals surface area contributed by atoms with Gasteiger partial charge in [-0.2, -0.15) is 5.26 Å². The fourth-order valence-corrected chi connectivity index (χ4v) is 2.45. The van der Waals surface area contributed by atoms with Gasteiger partial charge in [0.05, 0.1) is 11.3 Å². The maximum absolute atomic E-state index is 12.2. The van der Waals surface area contributed by atoms with E-state index in [4.69, 9.17) is 11.6 Å². The summed E-state index contributed by atoms with van der Waals surface area (Å²) in [6, 6.07) is 14.7. The Hall–Kier alpha value is -2.55. The number of carbonyl (C=O) groups is 1. The number of carbonyl (C=O) groups excluding carboxylic acids is 1. The number of rotatable bonds is 7. The Labute approximate surface area is 153 Å². The molecule has 0 saturated carbocycles. The van der Waals surface area contributed by atoms with Gasteiger partial charge in [-0.15, -0.1) is 0 Å². The van der Waals surface area contributed by atoms with Crippen molar-refractivity contribution in [1.82, 2.24) is 10.2 Å². The van der Waals surface area contributed by atoms with Crippen LogP contribution < -0.4 is 10.6 Å². The maximum atomic E-state index is 12.2. The van der Waals surface area contributed by atoms with E-state index in [0.29, 0.717) is 34.9 Å². The van der Waals surface area contributed by atoms with Gasteiger partial charge in [-0.05, 0) is 50.0 Å². The molecule has 0 bridgehead atoms. The highest BCUT2D eigenvalue weighted by Gasteiger charge is 2.07. The number of nitrogens with one attached hydrogen (secondary N) is 2. The molecule has 0 unspecified atom stereocenters. The third kappa shape index (κ3) is 5.79. The molecule has 0 aromatic heterocycles. The summed E-state index contributed by atoms with van der Waals surface area (Å²) in [7, 11) is 3.93. The van der Waals surface area contributed by atoms with E-state index in [9.17, 15) is 10.1 Å². The standard InChI is InChI=1S/C19H21ClN4O/c1-24(2)9-8-22-19(25)15-5-3-4-14(10-15)13-23-18-7-6-17(20)11-16(18)12-21/h3-7,10-11,23H,8-9,13H2,1-2H3,(H,22,25). The number of halogens is 1. The first kappa shape index (κ1) is 18.8. The second-order valence-corrected chi connectivity index (χ2v) is 6.35. The van der Waals surface area contributed by atoms with Gasteiger partial charge in [0.2, 0.25) is 0 Å². The average Bonchev–Trinajstić information content (AvgIpc) is 2.60. The molecule has 25 heavy (non-hydrogen) atoms. The highest BCUT2D eigenvalue weighted by molar-refractivity contribution is 6.30. The Bertz CT molecular complexity index is 783. The third-order valence-corrected chi connectivity index (χ3v) is 3.85. The van der Waals surface area contributed by atoms with Crippen molar-refractivity contribution in [2.75, 3.05) is 32.5 Å². The Morgan fingerprint density at radius 1 is 1.24 bits per heavy atom. The molecule has 2 aromatic rings. The molecule has 0 aliphatic carbocycles. The summed E-state index contributed by atoms with van der Waals surface area (Å²) in [4.78, 5) is 14.2. The predicted molar refractivity (Wildman–Crippen MR) is 101 cm³/mol. The van der Waals surface area contributed by atoms with E-state index in [1.165, 1.54) is 0 Å². The lowest BCUT2D eigenvalue weighted by atomic mass is 10.1. The van der Waals surface area contributed by atoms with Crippen molar-refractivity contribution in [3.8, 4) is 6.07 Å². The van der Waals surface area contributed by atoms with Crippen LogP contribution in [0.15, 0.2) is 42.5 Å². The minimum atomic E-state index is -0.0899. The van der Waals surface area contributed by atoms with E-state index in [1.807, 2.05) is 37.2 Å². The van der Waals surface area contributed by atoms with Gasteiger partial charge in [0.1, 0.15) is 6.07 Å². The topological polar surface area (TPSA) is 68.2 Å². The van der Waals surface area contributed by atoms with Crippen LogP contribution in [0.1, 0.15) is 21.5 Å². The van der Waals surface area contributed by atoms with Gasteiger partial charge < -0.3 is 15.5 Å². The number of nitrogens with zero attached hydrogens (tertiary/aromatic N) is 2. The lowest BCUT2D eigenvalue weighted by Crippen LogP contribution is -2.31. The number of hydrogen-bond acceptors (Lipinski definition) is 4. The molecule has 5 nitrogen and oxygen atoms in total. The lowest BCUT2D eigenvalue weighted by Gasteiger charge is -2.12. The number of amides is 1. The summed E-state index contributed by atoms with van der Waals surface area (Å²) in [5.41, 5.74) is 2.78. The average molecular weight is 357 g/mol. The van der Waals surface area contributed by atoms with Crippen LogP contribution in [0, 0.1) is 11.3 Å². The van der Waals surface area contributed by atoms with E-state index < -0.39 is 0 Å².